The molecule has 0 unspecified atom stereocenters. The fourth-order valence-electron chi connectivity index (χ4n) is 2.54. The minimum Gasteiger partial charge on any atom is -0.464 e. The van der Waals surface area contributed by atoms with E-state index in [9.17, 15) is 0 Å². The maximum Gasteiger partial charge on any atom is 0.159 e. The van der Waals surface area contributed by atoms with Crippen LogP contribution in [0.2, 0.25) is 0 Å². The molecule has 20 heavy (non-hydrogen) atoms. The van der Waals surface area contributed by atoms with Crippen molar-refractivity contribution in [1.29, 1.82) is 0 Å². The van der Waals surface area contributed by atoms with Crippen molar-refractivity contribution in [2.24, 2.45) is 0 Å². The van der Waals surface area contributed by atoms with Crippen LogP contribution < -0.4 is 4.90 Å². The standard InChI is InChI=1S/C14H13N3O3/c1-2-12(19-7-1)10-3-4-11(14-13(10)15-20-16-14)17-5-8-18-9-6-17/h1-4,7H,5-6,8-9H2. The lowest BCUT2D eigenvalue weighted by Gasteiger charge is -2.28. The van der Waals surface area contributed by atoms with Crippen molar-refractivity contribution in [2.75, 3.05) is 31.2 Å². The minimum atomic E-state index is 0.726. The third-order valence-corrected chi connectivity index (χ3v) is 3.53. The van der Waals surface area contributed by atoms with Gasteiger partial charge in [0.15, 0.2) is 5.52 Å². The molecule has 1 aliphatic heterocycles. The molecule has 1 aromatic carbocycles. The summed E-state index contributed by atoms with van der Waals surface area (Å²) in [5.74, 6) is 0.763. The number of anilines is 1. The van der Waals surface area contributed by atoms with Crippen LogP contribution in [0.4, 0.5) is 5.69 Å². The Hall–Kier alpha value is -2.34. The molecule has 1 aliphatic rings. The van der Waals surface area contributed by atoms with E-state index in [1.807, 2.05) is 24.3 Å². The molecule has 1 fully saturated rings. The summed E-state index contributed by atoms with van der Waals surface area (Å²) in [7, 11) is 0. The number of ether oxygens (including phenoxy) is 1. The summed E-state index contributed by atoms with van der Waals surface area (Å²) < 4.78 is 15.8. The van der Waals surface area contributed by atoms with E-state index in [0.717, 1.165) is 54.3 Å². The van der Waals surface area contributed by atoms with Crippen molar-refractivity contribution in [2.45, 2.75) is 0 Å². The average molecular weight is 271 g/mol. The normalized spacial score (nSPS) is 15.9. The van der Waals surface area contributed by atoms with Gasteiger partial charge >= 0.3 is 0 Å². The molecule has 0 aliphatic carbocycles. The fourth-order valence-corrected chi connectivity index (χ4v) is 2.54. The van der Waals surface area contributed by atoms with Crippen molar-refractivity contribution in [1.82, 2.24) is 10.3 Å². The van der Waals surface area contributed by atoms with Gasteiger partial charge in [0.25, 0.3) is 0 Å². The van der Waals surface area contributed by atoms with Crippen LogP contribution in [0.3, 0.4) is 0 Å². The van der Waals surface area contributed by atoms with Crippen LogP contribution in [0.1, 0.15) is 0 Å². The first-order valence-electron chi connectivity index (χ1n) is 6.55. The summed E-state index contributed by atoms with van der Waals surface area (Å²) in [6.45, 7) is 3.16. The van der Waals surface area contributed by atoms with Gasteiger partial charge in [-0.25, -0.2) is 4.63 Å². The molecule has 0 spiro atoms. The molecule has 0 saturated carbocycles. The second-order valence-corrected chi connectivity index (χ2v) is 4.67. The third kappa shape index (κ3) is 1.77. The van der Waals surface area contributed by atoms with Crippen molar-refractivity contribution >= 4 is 16.7 Å². The van der Waals surface area contributed by atoms with Crippen LogP contribution in [0.25, 0.3) is 22.4 Å². The Labute approximate surface area is 114 Å². The number of rotatable bonds is 2. The molecular weight excluding hydrogens is 258 g/mol. The van der Waals surface area contributed by atoms with E-state index < -0.39 is 0 Å². The SMILES string of the molecule is c1coc(-c2ccc(N3CCOCC3)c3nonc23)c1. The van der Waals surface area contributed by atoms with Crippen LogP contribution in [0, 0.1) is 0 Å². The molecule has 3 aromatic rings. The first-order valence-corrected chi connectivity index (χ1v) is 6.55. The van der Waals surface area contributed by atoms with Crippen LogP contribution in [-0.4, -0.2) is 36.6 Å². The zero-order chi connectivity index (χ0) is 13.4. The van der Waals surface area contributed by atoms with E-state index >= 15 is 0 Å². The maximum absolute atomic E-state index is 5.44. The smallest absolute Gasteiger partial charge is 0.159 e. The van der Waals surface area contributed by atoms with E-state index in [0.29, 0.717) is 0 Å². The van der Waals surface area contributed by atoms with Crippen LogP contribution in [-0.2, 0) is 4.74 Å². The lowest BCUT2D eigenvalue weighted by molar-refractivity contribution is 0.123. The van der Waals surface area contributed by atoms with Gasteiger partial charge in [-0.2, -0.15) is 0 Å². The Kier molecular flexibility index (Phi) is 2.67. The summed E-state index contributed by atoms with van der Waals surface area (Å²) in [5.41, 5.74) is 3.41. The van der Waals surface area contributed by atoms with Gasteiger partial charge in [0.05, 0.1) is 25.2 Å². The number of fused-ring (bicyclic) bond motifs is 1. The topological polar surface area (TPSA) is 64.5 Å². The van der Waals surface area contributed by atoms with E-state index in [2.05, 4.69) is 15.2 Å². The molecule has 6 heteroatoms. The van der Waals surface area contributed by atoms with Gasteiger partial charge in [0, 0.05) is 18.7 Å². The monoisotopic (exact) mass is 271 g/mol. The number of nitrogens with zero attached hydrogens (tertiary/aromatic N) is 3. The van der Waals surface area contributed by atoms with Crippen molar-refractivity contribution < 1.29 is 13.8 Å². The number of hydrogen-bond donors (Lipinski definition) is 0. The quantitative estimate of drug-likeness (QED) is 0.712. The predicted octanol–water partition coefficient (Wildman–Crippen LogP) is 2.32. The van der Waals surface area contributed by atoms with Crippen LogP contribution >= 0.6 is 0 Å². The second kappa shape index (κ2) is 4.64. The molecule has 2 aromatic heterocycles. The van der Waals surface area contributed by atoms with E-state index in [4.69, 9.17) is 13.8 Å². The summed E-state index contributed by atoms with van der Waals surface area (Å²) in [4.78, 5) is 2.24. The third-order valence-electron chi connectivity index (χ3n) is 3.53. The number of morpholine rings is 1. The molecule has 0 amide bonds. The molecular formula is C14H13N3O3. The highest BCUT2D eigenvalue weighted by Gasteiger charge is 2.20. The van der Waals surface area contributed by atoms with Gasteiger partial charge in [0.1, 0.15) is 11.3 Å². The van der Waals surface area contributed by atoms with Gasteiger partial charge in [-0.05, 0) is 34.6 Å². The molecule has 0 bridgehead atoms. The average Bonchev–Trinajstić information content (AvgIpc) is 3.18. The molecule has 0 N–H and O–H groups in total. The van der Waals surface area contributed by atoms with Gasteiger partial charge in [-0.1, -0.05) is 0 Å². The summed E-state index contributed by atoms with van der Waals surface area (Å²) in [6, 6.07) is 7.79. The fraction of sp³-hybridized carbons (Fsp3) is 0.286. The molecule has 0 atom stereocenters. The number of hydrogen-bond acceptors (Lipinski definition) is 6. The highest BCUT2D eigenvalue weighted by Crippen LogP contribution is 2.33. The highest BCUT2D eigenvalue weighted by atomic mass is 16.6. The van der Waals surface area contributed by atoms with Crippen LogP contribution in [0.5, 0.6) is 0 Å². The summed E-state index contributed by atoms with van der Waals surface area (Å²) >= 11 is 0. The minimum absolute atomic E-state index is 0.726. The first-order chi connectivity index (χ1) is 9.93. The van der Waals surface area contributed by atoms with E-state index in [-0.39, 0.29) is 0 Å². The van der Waals surface area contributed by atoms with Gasteiger partial charge in [0.2, 0.25) is 0 Å². The van der Waals surface area contributed by atoms with Crippen molar-refractivity contribution in [3.05, 3.63) is 30.5 Å². The molecule has 102 valence electrons. The summed E-state index contributed by atoms with van der Waals surface area (Å²) in [6.07, 6.45) is 1.64. The second-order valence-electron chi connectivity index (χ2n) is 4.67. The number of benzene rings is 1. The zero-order valence-corrected chi connectivity index (χ0v) is 10.8. The van der Waals surface area contributed by atoms with Gasteiger partial charge in [-0.15, -0.1) is 0 Å². The van der Waals surface area contributed by atoms with E-state index in [1.165, 1.54) is 0 Å². The van der Waals surface area contributed by atoms with Crippen molar-refractivity contribution in [3.8, 4) is 11.3 Å². The van der Waals surface area contributed by atoms with E-state index in [1.54, 1.807) is 6.26 Å². The largest absolute Gasteiger partial charge is 0.464 e. The Bertz CT molecular complexity index is 714. The number of aromatic nitrogens is 2. The highest BCUT2D eigenvalue weighted by molar-refractivity contribution is 5.97. The molecule has 0 radical (unpaired) electrons. The Balaban J connectivity index is 1.85. The Morgan fingerprint density at radius 3 is 2.65 bits per heavy atom. The summed E-state index contributed by atoms with van der Waals surface area (Å²) in [5, 5.41) is 8.08. The molecule has 3 heterocycles. The van der Waals surface area contributed by atoms with Gasteiger partial charge in [-0.3, -0.25) is 0 Å². The maximum atomic E-state index is 5.44. The molecule has 1 saturated heterocycles. The lowest BCUT2D eigenvalue weighted by atomic mass is 10.1. The zero-order valence-electron chi connectivity index (χ0n) is 10.8. The number of furan rings is 1. The van der Waals surface area contributed by atoms with Crippen LogP contribution in [0.15, 0.2) is 39.6 Å². The molecule has 4 rings (SSSR count). The van der Waals surface area contributed by atoms with Gasteiger partial charge < -0.3 is 14.1 Å². The Morgan fingerprint density at radius 2 is 1.85 bits per heavy atom. The Morgan fingerprint density at radius 1 is 1.00 bits per heavy atom. The molecule has 6 nitrogen and oxygen atoms in total. The lowest BCUT2D eigenvalue weighted by Crippen LogP contribution is -2.36. The van der Waals surface area contributed by atoms with Crippen molar-refractivity contribution in [3.63, 3.8) is 0 Å². The first kappa shape index (κ1) is 11.5. The predicted molar refractivity (Wildman–Crippen MR) is 72.5 cm³/mol.